The van der Waals surface area contributed by atoms with Crippen molar-refractivity contribution in [2.24, 2.45) is 0 Å². The molecule has 2 N–H and O–H groups in total. The van der Waals surface area contributed by atoms with Crippen LogP contribution in [0, 0.1) is 0 Å². The lowest BCUT2D eigenvalue weighted by atomic mass is 9.83. The quantitative estimate of drug-likeness (QED) is 0.629. The van der Waals surface area contributed by atoms with Crippen LogP contribution >= 0.6 is 0 Å². The summed E-state index contributed by atoms with van der Waals surface area (Å²) in [4.78, 5) is 28.7. The number of hydrogen-bond acceptors (Lipinski definition) is 6. The molecule has 1 unspecified atom stereocenters. The number of nitrogens with one attached hydrogen (secondary N) is 1. The van der Waals surface area contributed by atoms with Gasteiger partial charge in [-0.2, -0.15) is 0 Å². The number of nitrogens with zero attached hydrogens (tertiary/aromatic N) is 2. The summed E-state index contributed by atoms with van der Waals surface area (Å²) >= 11 is 0. The van der Waals surface area contributed by atoms with Gasteiger partial charge in [-0.15, -0.1) is 0 Å². The largest absolute Gasteiger partial charge is 0.445 e. The SMILES string of the molecule is CC(C)(C)OC(=O)N1CCC(NCCC2(O)C[C@H]3CC[C@@H](C2)N3C(=O)OCc2ccccc2)CC1. The van der Waals surface area contributed by atoms with Crippen LogP contribution in [0.3, 0.4) is 0 Å². The number of rotatable bonds is 6. The maximum atomic E-state index is 12.8. The second-order valence-corrected chi connectivity index (χ2v) is 11.4. The van der Waals surface area contributed by atoms with Gasteiger partial charge < -0.3 is 29.7 Å². The van der Waals surface area contributed by atoms with E-state index in [4.69, 9.17) is 9.47 Å². The van der Waals surface area contributed by atoms with Crippen molar-refractivity contribution in [3.05, 3.63) is 35.9 Å². The van der Waals surface area contributed by atoms with Gasteiger partial charge in [-0.05, 0) is 77.8 Å². The summed E-state index contributed by atoms with van der Waals surface area (Å²) in [5.41, 5.74) is -0.258. The molecule has 3 fully saturated rings. The minimum absolute atomic E-state index is 0.0408. The Balaban J connectivity index is 1.18. The molecule has 3 heterocycles. The lowest BCUT2D eigenvalue weighted by Gasteiger charge is -2.43. The van der Waals surface area contributed by atoms with Crippen molar-refractivity contribution in [2.75, 3.05) is 19.6 Å². The number of hydrogen-bond donors (Lipinski definition) is 2. The molecule has 0 saturated carbocycles. The molecule has 8 nitrogen and oxygen atoms in total. The minimum atomic E-state index is -0.758. The first-order chi connectivity index (χ1) is 16.6. The molecule has 0 aliphatic carbocycles. The first-order valence-corrected chi connectivity index (χ1v) is 13.0. The average Bonchev–Trinajstić information content (AvgIpc) is 3.09. The number of piperidine rings is 2. The highest BCUT2D eigenvalue weighted by molar-refractivity contribution is 5.69. The lowest BCUT2D eigenvalue weighted by Crippen LogP contribution is -2.54. The van der Waals surface area contributed by atoms with Crippen molar-refractivity contribution in [1.29, 1.82) is 0 Å². The molecule has 194 valence electrons. The van der Waals surface area contributed by atoms with E-state index in [-0.39, 0.29) is 30.9 Å². The van der Waals surface area contributed by atoms with Crippen molar-refractivity contribution in [3.8, 4) is 0 Å². The fourth-order valence-electron chi connectivity index (χ4n) is 5.72. The number of benzene rings is 1. The van der Waals surface area contributed by atoms with Gasteiger partial charge in [0.15, 0.2) is 0 Å². The monoisotopic (exact) mass is 487 g/mol. The predicted octanol–water partition coefficient (Wildman–Crippen LogP) is 4.06. The maximum absolute atomic E-state index is 12.8. The fourth-order valence-corrected chi connectivity index (χ4v) is 5.72. The van der Waals surface area contributed by atoms with Crippen LogP contribution < -0.4 is 5.32 Å². The Bertz CT molecular complexity index is 849. The first-order valence-electron chi connectivity index (χ1n) is 13.0. The van der Waals surface area contributed by atoms with Crippen LogP contribution in [-0.2, 0) is 16.1 Å². The highest BCUT2D eigenvalue weighted by Crippen LogP contribution is 2.42. The molecular weight excluding hydrogens is 446 g/mol. The Hall–Kier alpha value is -2.32. The van der Waals surface area contributed by atoms with Gasteiger partial charge in [0.1, 0.15) is 12.2 Å². The maximum Gasteiger partial charge on any atom is 0.410 e. The van der Waals surface area contributed by atoms with Crippen molar-refractivity contribution < 1.29 is 24.2 Å². The molecule has 4 rings (SSSR count). The molecule has 8 heteroatoms. The zero-order chi connectivity index (χ0) is 25.1. The summed E-state index contributed by atoms with van der Waals surface area (Å²) in [7, 11) is 0. The molecule has 2 amide bonds. The molecule has 3 aliphatic rings. The third kappa shape index (κ3) is 6.88. The van der Waals surface area contributed by atoms with Gasteiger partial charge in [-0.3, -0.25) is 0 Å². The van der Waals surface area contributed by atoms with Crippen molar-refractivity contribution >= 4 is 12.2 Å². The van der Waals surface area contributed by atoms with Crippen LogP contribution in [-0.4, -0.2) is 76.1 Å². The highest BCUT2D eigenvalue weighted by Gasteiger charge is 2.49. The molecule has 0 radical (unpaired) electrons. The predicted molar refractivity (Wildman–Crippen MR) is 133 cm³/mol. The van der Waals surface area contributed by atoms with E-state index < -0.39 is 11.2 Å². The van der Waals surface area contributed by atoms with E-state index in [1.165, 1.54) is 0 Å². The van der Waals surface area contributed by atoms with E-state index in [9.17, 15) is 14.7 Å². The Morgan fingerprint density at radius 2 is 1.66 bits per heavy atom. The number of ether oxygens (including phenoxy) is 2. The number of fused-ring (bicyclic) bond motifs is 2. The van der Waals surface area contributed by atoms with Crippen LogP contribution in [0.2, 0.25) is 0 Å². The third-order valence-corrected chi connectivity index (χ3v) is 7.44. The zero-order valence-electron chi connectivity index (χ0n) is 21.4. The number of likely N-dealkylation sites (tertiary alicyclic amines) is 1. The second kappa shape index (κ2) is 10.7. The molecule has 0 spiro atoms. The van der Waals surface area contributed by atoms with Gasteiger partial charge in [0, 0.05) is 31.2 Å². The molecule has 1 aromatic rings. The summed E-state index contributed by atoms with van der Waals surface area (Å²) in [6.45, 7) is 8.01. The fraction of sp³-hybridized carbons (Fsp3) is 0.704. The zero-order valence-corrected chi connectivity index (χ0v) is 21.4. The van der Waals surface area contributed by atoms with E-state index in [1.54, 1.807) is 4.90 Å². The van der Waals surface area contributed by atoms with Gasteiger partial charge in [0.2, 0.25) is 0 Å². The molecule has 35 heavy (non-hydrogen) atoms. The molecular formula is C27H41N3O5. The number of carbonyl (C=O) groups is 2. The van der Waals surface area contributed by atoms with E-state index in [2.05, 4.69) is 5.32 Å². The summed E-state index contributed by atoms with van der Waals surface area (Å²) < 4.78 is 11.1. The van der Waals surface area contributed by atoms with Crippen LogP contribution in [0.25, 0.3) is 0 Å². The summed E-state index contributed by atoms with van der Waals surface area (Å²) in [6.07, 6.45) is 4.96. The Labute approximate surface area is 208 Å². The topological polar surface area (TPSA) is 91.3 Å². The minimum Gasteiger partial charge on any atom is -0.445 e. The van der Waals surface area contributed by atoms with Gasteiger partial charge in [0.25, 0.3) is 0 Å². The highest BCUT2D eigenvalue weighted by atomic mass is 16.6. The Kier molecular flexibility index (Phi) is 7.91. The van der Waals surface area contributed by atoms with Crippen LogP contribution in [0.1, 0.15) is 71.3 Å². The van der Waals surface area contributed by atoms with Crippen molar-refractivity contribution in [3.63, 3.8) is 0 Å². The van der Waals surface area contributed by atoms with E-state index >= 15 is 0 Å². The summed E-state index contributed by atoms with van der Waals surface area (Å²) in [5, 5.41) is 14.9. The molecule has 1 aromatic carbocycles. The van der Waals surface area contributed by atoms with Gasteiger partial charge in [0.05, 0.1) is 5.60 Å². The van der Waals surface area contributed by atoms with Crippen molar-refractivity contribution in [1.82, 2.24) is 15.1 Å². The molecule has 2 bridgehead atoms. The molecule has 3 atom stereocenters. The number of aliphatic hydroxyl groups is 1. The van der Waals surface area contributed by atoms with Gasteiger partial charge >= 0.3 is 12.2 Å². The smallest absolute Gasteiger partial charge is 0.410 e. The molecule has 3 saturated heterocycles. The second-order valence-electron chi connectivity index (χ2n) is 11.4. The number of carbonyl (C=O) groups excluding carboxylic acids is 2. The first kappa shape index (κ1) is 25.8. The summed E-state index contributed by atoms with van der Waals surface area (Å²) in [5.74, 6) is 0. The van der Waals surface area contributed by atoms with Crippen molar-refractivity contribution in [2.45, 2.75) is 102 Å². The van der Waals surface area contributed by atoms with Crippen LogP contribution in [0.5, 0.6) is 0 Å². The Morgan fingerprint density at radius 3 is 2.26 bits per heavy atom. The van der Waals surface area contributed by atoms with Gasteiger partial charge in [-0.25, -0.2) is 9.59 Å². The normalized spacial score (nSPS) is 27.1. The molecule has 3 aliphatic heterocycles. The lowest BCUT2D eigenvalue weighted by molar-refractivity contribution is -0.0540. The van der Waals surface area contributed by atoms with Gasteiger partial charge in [-0.1, -0.05) is 30.3 Å². The van der Waals surface area contributed by atoms with Crippen LogP contribution in [0.4, 0.5) is 9.59 Å². The summed E-state index contributed by atoms with van der Waals surface area (Å²) in [6, 6.07) is 10.1. The van der Waals surface area contributed by atoms with E-state index in [0.29, 0.717) is 38.4 Å². The van der Waals surface area contributed by atoms with Crippen LogP contribution in [0.15, 0.2) is 30.3 Å². The Morgan fingerprint density at radius 1 is 1.03 bits per heavy atom. The van der Waals surface area contributed by atoms with E-state index in [0.717, 1.165) is 37.8 Å². The van der Waals surface area contributed by atoms with E-state index in [1.807, 2.05) is 56.0 Å². The third-order valence-electron chi connectivity index (χ3n) is 7.44. The standard InChI is InChI=1S/C27H41N3O5/c1-26(2,3)35-24(31)29-15-11-21(12-16-29)28-14-13-27(33)17-22-9-10-23(18-27)30(22)25(32)34-19-20-7-5-4-6-8-20/h4-8,21-23,28,33H,9-19H2,1-3H3/t22-,23+,27?. The molecule has 0 aromatic heterocycles. The average molecular weight is 488 g/mol. The number of amides is 2.